The molecule has 5 heteroatoms. The van der Waals surface area contributed by atoms with E-state index in [0.717, 1.165) is 11.1 Å². The van der Waals surface area contributed by atoms with Crippen molar-refractivity contribution in [2.75, 3.05) is 0 Å². The van der Waals surface area contributed by atoms with E-state index in [9.17, 15) is 4.79 Å². The van der Waals surface area contributed by atoms with Gasteiger partial charge >= 0.3 is 0 Å². The second-order valence-corrected chi connectivity index (χ2v) is 3.28. The number of aromatic nitrogens is 4. The van der Waals surface area contributed by atoms with Gasteiger partial charge in [-0.25, -0.2) is 15.1 Å². The summed E-state index contributed by atoms with van der Waals surface area (Å²) in [6.45, 7) is 3.63. The van der Waals surface area contributed by atoms with Crippen LogP contribution < -0.4 is 5.56 Å². The van der Waals surface area contributed by atoms with Gasteiger partial charge in [0, 0.05) is 23.5 Å². The first-order valence-electron chi connectivity index (χ1n) is 4.51. The van der Waals surface area contributed by atoms with Crippen LogP contribution in [0.25, 0.3) is 11.3 Å². The summed E-state index contributed by atoms with van der Waals surface area (Å²) >= 11 is 0. The average molecular weight is 202 g/mol. The van der Waals surface area contributed by atoms with E-state index in [1.807, 2.05) is 6.92 Å². The van der Waals surface area contributed by atoms with Crippen LogP contribution in [-0.2, 0) is 0 Å². The maximum absolute atomic E-state index is 11.3. The minimum Gasteiger partial charge on any atom is -0.268 e. The molecule has 0 saturated carbocycles. The molecule has 2 rings (SSSR count). The first-order valence-corrected chi connectivity index (χ1v) is 4.51. The zero-order chi connectivity index (χ0) is 10.8. The second kappa shape index (κ2) is 3.61. The maximum atomic E-state index is 11.3. The molecule has 0 aromatic carbocycles. The number of H-pyrrole nitrogens is 1. The van der Waals surface area contributed by atoms with Gasteiger partial charge in [-0.2, -0.15) is 5.10 Å². The van der Waals surface area contributed by atoms with Gasteiger partial charge < -0.3 is 0 Å². The quantitative estimate of drug-likeness (QED) is 0.743. The summed E-state index contributed by atoms with van der Waals surface area (Å²) in [5, 5.41) is 6.44. The van der Waals surface area contributed by atoms with E-state index in [-0.39, 0.29) is 5.56 Å². The normalized spacial score (nSPS) is 10.3. The van der Waals surface area contributed by atoms with Crippen LogP contribution >= 0.6 is 0 Å². The molecule has 0 aliphatic heterocycles. The molecular formula is C10H10N4O. The molecule has 0 saturated heterocycles. The van der Waals surface area contributed by atoms with Crippen LogP contribution in [-0.4, -0.2) is 20.2 Å². The lowest BCUT2D eigenvalue weighted by molar-refractivity contribution is 0.955. The lowest BCUT2D eigenvalue weighted by Gasteiger charge is -2.04. The fraction of sp³-hybridized carbons (Fsp3) is 0.200. The molecule has 0 spiro atoms. The standard InChI is InChI=1S/C10H10N4O/c1-6-7(2)10(15)14-13-9(6)8-3-11-5-12-4-8/h3-5H,1-2H3,(H,14,15). The summed E-state index contributed by atoms with van der Waals surface area (Å²) in [6.07, 6.45) is 4.79. The predicted molar refractivity (Wildman–Crippen MR) is 55.4 cm³/mol. The van der Waals surface area contributed by atoms with Crippen molar-refractivity contribution in [3.63, 3.8) is 0 Å². The van der Waals surface area contributed by atoms with Gasteiger partial charge in [0.15, 0.2) is 0 Å². The third kappa shape index (κ3) is 1.63. The molecule has 2 heterocycles. The number of hydrogen-bond donors (Lipinski definition) is 1. The first kappa shape index (κ1) is 9.51. The van der Waals surface area contributed by atoms with E-state index >= 15 is 0 Å². The molecular weight excluding hydrogens is 192 g/mol. The Labute approximate surface area is 86.2 Å². The van der Waals surface area contributed by atoms with Crippen LogP contribution in [0.5, 0.6) is 0 Å². The number of aromatic amines is 1. The van der Waals surface area contributed by atoms with Gasteiger partial charge in [-0.05, 0) is 19.4 Å². The first-order chi connectivity index (χ1) is 7.20. The van der Waals surface area contributed by atoms with Gasteiger partial charge in [-0.1, -0.05) is 0 Å². The van der Waals surface area contributed by atoms with E-state index in [0.29, 0.717) is 11.3 Å². The Morgan fingerprint density at radius 1 is 1.13 bits per heavy atom. The molecule has 0 amide bonds. The Balaban J connectivity index is 2.65. The van der Waals surface area contributed by atoms with Gasteiger partial charge in [0.25, 0.3) is 5.56 Å². The van der Waals surface area contributed by atoms with Crippen molar-refractivity contribution in [1.29, 1.82) is 0 Å². The molecule has 0 aliphatic rings. The van der Waals surface area contributed by atoms with Crippen LogP contribution in [0.1, 0.15) is 11.1 Å². The fourth-order valence-electron chi connectivity index (χ4n) is 1.32. The highest BCUT2D eigenvalue weighted by atomic mass is 16.1. The van der Waals surface area contributed by atoms with Crippen molar-refractivity contribution >= 4 is 0 Å². The van der Waals surface area contributed by atoms with E-state index < -0.39 is 0 Å². The molecule has 0 atom stereocenters. The summed E-state index contributed by atoms with van der Waals surface area (Å²) in [5.74, 6) is 0. The van der Waals surface area contributed by atoms with Gasteiger partial charge in [0.2, 0.25) is 0 Å². The second-order valence-electron chi connectivity index (χ2n) is 3.28. The van der Waals surface area contributed by atoms with Crippen LogP contribution in [0, 0.1) is 13.8 Å². The number of hydrogen-bond acceptors (Lipinski definition) is 4. The summed E-state index contributed by atoms with van der Waals surface area (Å²) < 4.78 is 0. The zero-order valence-corrected chi connectivity index (χ0v) is 8.48. The molecule has 0 radical (unpaired) electrons. The molecule has 1 N–H and O–H groups in total. The van der Waals surface area contributed by atoms with Gasteiger partial charge in [0.1, 0.15) is 6.33 Å². The third-order valence-corrected chi connectivity index (χ3v) is 2.36. The van der Waals surface area contributed by atoms with Crippen molar-refractivity contribution in [3.05, 3.63) is 40.2 Å². The van der Waals surface area contributed by atoms with Crippen LogP contribution in [0.2, 0.25) is 0 Å². The smallest absolute Gasteiger partial charge is 0.267 e. The van der Waals surface area contributed by atoms with Gasteiger partial charge in [0.05, 0.1) is 5.69 Å². The van der Waals surface area contributed by atoms with Crippen molar-refractivity contribution in [1.82, 2.24) is 20.2 Å². The monoisotopic (exact) mass is 202 g/mol. The average Bonchev–Trinajstić information content (AvgIpc) is 2.27. The zero-order valence-electron chi connectivity index (χ0n) is 8.48. The SMILES string of the molecule is Cc1c(-c2cncnc2)n[nH]c(=O)c1C. The molecule has 0 bridgehead atoms. The summed E-state index contributed by atoms with van der Waals surface area (Å²) in [6, 6.07) is 0. The van der Waals surface area contributed by atoms with Crippen molar-refractivity contribution < 1.29 is 0 Å². The maximum Gasteiger partial charge on any atom is 0.267 e. The highest BCUT2D eigenvalue weighted by Gasteiger charge is 2.08. The Morgan fingerprint density at radius 2 is 1.80 bits per heavy atom. The largest absolute Gasteiger partial charge is 0.268 e. The molecule has 0 unspecified atom stereocenters. The molecule has 2 aromatic heterocycles. The predicted octanol–water partition coefficient (Wildman–Crippen LogP) is 0.844. The van der Waals surface area contributed by atoms with Crippen LogP contribution in [0.3, 0.4) is 0 Å². The number of rotatable bonds is 1. The Morgan fingerprint density at radius 3 is 2.47 bits per heavy atom. The summed E-state index contributed by atoms with van der Waals surface area (Å²) in [4.78, 5) is 19.1. The lowest BCUT2D eigenvalue weighted by Crippen LogP contribution is -2.14. The number of nitrogens with one attached hydrogen (secondary N) is 1. The Bertz CT molecular complexity index is 533. The van der Waals surface area contributed by atoms with Crippen LogP contribution in [0.15, 0.2) is 23.5 Å². The van der Waals surface area contributed by atoms with Crippen molar-refractivity contribution in [2.24, 2.45) is 0 Å². The van der Waals surface area contributed by atoms with Crippen LogP contribution in [0.4, 0.5) is 0 Å². The highest BCUT2D eigenvalue weighted by molar-refractivity contribution is 5.61. The fourth-order valence-corrected chi connectivity index (χ4v) is 1.32. The lowest BCUT2D eigenvalue weighted by atomic mass is 10.1. The van der Waals surface area contributed by atoms with Crippen molar-refractivity contribution in [3.8, 4) is 11.3 Å². The van der Waals surface area contributed by atoms with E-state index in [2.05, 4.69) is 20.2 Å². The minimum absolute atomic E-state index is 0.159. The summed E-state index contributed by atoms with van der Waals surface area (Å²) in [7, 11) is 0. The Kier molecular flexibility index (Phi) is 2.29. The highest BCUT2D eigenvalue weighted by Crippen LogP contribution is 2.18. The van der Waals surface area contributed by atoms with E-state index in [4.69, 9.17) is 0 Å². The van der Waals surface area contributed by atoms with Crippen molar-refractivity contribution in [2.45, 2.75) is 13.8 Å². The van der Waals surface area contributed by atoms with Gasteiger partial charge in [-0.3, -0.25) is 4.79 Å². The number of nitrogens with zero attached hydrogens (tertiary/aromatic N) is 3. The van der Waals surface area contributed by atoms with E-state index in [1.165, 1.54) is 6.33 Å². The molecule has 0 aliphatic carbocycles. The third-order valence-electron chi connectivity index (χ3n) is 2.36. The minimum atomic E-state index is -0.159. The van der Waals surface area contributed by atoms with Gasteiger partial charge in [-0.15, -0.1) is 0 Å². The molecule has 15 heavy (non-hydrogen) atoms. The molecule has 5 nitrogen and oxygen atoms in total. The Hall–Kier alpha value is -2.04. The summed E-state index contributed by atoms with van der Waals surface area (Å²) in [5.41, 5.74) is 2.88. The molecule has 2 aromatic rings. The molecule has 76 valence electrons. The topological polar surface area (TPSA) is 71.5 Å². The van der Waals surface area contributed by atoms with E-state index in [1.54, 1.807) is 19.3 Å². The molecule has 0 fully saturated rings.